The van der Waals surface area contributed by atoms with Crippen LogP contribution in [0.5, 0.6) is 5.75 Å². The summed E-state index contributed by atoms with van der Waals surface area (Å²) < 4.78 is 5.50. The minimum atomic E-state index is -0.294. The standard InChI is InChI=1S/C20H20N4O2/c1-3-26-14-10-8-13(9-11-14)18-16(12-21-23-18)19-22-20(25)15-6-4-5-7-17(15)24(19)2/h4-12,19H,3H2,1-2H3,(H,21,23)(H,22,25). The molecule has 1 amide bonds. The van der Waals surface area contributed by atoms with Crippen molar-refractivity contribution in [3.63, 3.8) is 0 Å². The van der Waals surface area contributed by atoms with E-state index in [2.05, 4.69) is 20.4 Å². The average molecular weight is 348 g/mol. The topological polar surface area (TPSA) is 70.2 Å². The molecule has 6 nitrogen and oxygen atoms in total. The molecule has 26 heavy (non-hydrogen) atoms. The number of nitrogens with zero attached hydrogens (tertiary/aromatic N) is 2. The van der Waals surface area contributed by atoms with Crippen LogP contribution in [0, 0.1) is 0 Å². The number of carbonyl (C=O) groups excluding carboxylic acids is 1. The molecule has 1 aliphatic rings. The number of para-hydroxylation sites is 1. The van der Waals surface area contributed by atoms with Crippen LogP contribution >= 0.6 is 0 Å². The number of ether oxygens (including phenoxy) is 1. The zero-order valence-corrected chi connectivity index (χ0v) is 14.7. The molecular formula is C20H20N4O2. The van der Waals surface area contributed by atoms with Crippen molar-refractivity contribution in [2.24, 2.45) is 0 Å². The fourth-order valence-corrected chi connectivity index (χ4v) is 3.32. The summed E-state index contributed by atoms with van der Waals surface area (Å²) in [6.45, 7) is 2.59. The number of rotatable bonds is 4. The minimum absolute atomic E-state index is 0.0810. The minimum Gasteiger partial charge on any atom is -0.494 e. The van der Waals surface area contributed by atoms with Crippen molar-refractivity contribution in [2.75, 3.05) is 18.6 Å². The summed E-state index contributed by atoms with van der Waals surface area (Å²) >= 11 is 0. The van der Waals surface area contributed by atoms with Gasteiger partial charge in [-0.05, 0) is 43.3 Å². The summed E-state index contributed by atoms with van der Waals surface area (Å²) in [6, 6.07) is 15.4. The van der Waals surface area contributed by atoms with Crippen molar-refractivity contribution in [1.29, 1.82) is 0 Å². The van der Waals surface area contributed by atoms with Crippen LogP contribution < -0.4 is 15.0 Å². The molecule has 1 aliphatic heterocycles. The average Bonchev–Trinajstić information content (AvgIpc) is 3.15. The van der Waals surface area contributed by atoms with Crippen LogP contribution in [0.1, 0.15) is 29.0 Å². The number of anilines is 1. The smallest absolute Gasteiger partial charge is 0.255 e. The van der Waals surface area contributed by atoms with E-state index in [9.17, 15) is 4.79 Å². The molecule has 132 valence electrons. The van der Waals surface area contributed by atoms with Crippen LogP contribution in [0.2, 0.25) is 0 Å². The molecule has 0 bridgehead atoms. The molecule has 0 saturated carbocycles. The van der Waals surface area contributed by atoms with Crippen molar-refractivity contribution in [2.45, 2.75) is 13.1 Å². The van der Waals surface area contributed by atoms with Crippen LogP contribution in [-0.4, -0.2) is 29.8 Å². The summed E-state index contributed by atoms with van der Waals surface area (Å²) in [7, 11) is 1.97. The largest absolute Gasteiger partial charge is 0.494 e. The van der Waals surface area contributed by atoms with Gasteiger partial charge < -0.3 is 15.0 Å². The van der Waals surface area contributed by atoms with E-state index >= 15 is 0 Å². The summed E-state index contributed by atoms with van der Waals surface area (Å²) in [6.07, 6.45) is 1.47. The third-order valence-electron chi connectivity index (χ3n) is 4.60. The molecule has 0 aliphatic carbocycles. The Labute approximate surface area is 151 Å². The van der Waals surface area contributed by atoms with Crippen molar-refractivity contribution < 1.29 is 9.53 Å². The number of nitrogens with one attached hydrogen (secondary N) is 2. The van der Waals surface area contributed by atoms with Gasteiger partial charge in [-0.25, -0.2) is 0 Å². The van der Waals surface area contributed by atoms with E-state index in [-0.39, 0.29) is 12.1 Å². The molecule has 1 unspecified atom stereocenters. The first kappa shape index (κ1) is 16.2. The first-order chi connectivity index (χ1) is 12.7. The van der Waals surface area contributed by atoms with Gasteiger partial charge in [0.25, 0.3) is 5.91 Å². The van der Waals surface area contributed by atoms with Crippen LogP contribution in [0.3, 0.4) is 0 Å². The van der Waals surface area contributed by atoms with E-state index in [0.717, 1.165) is 28.3 Å². The number of aromatic nitrogens is 2. The van der Waals surface area contributed by atoms with E-state index in [1.807, 2.05) is 62.5 Å². The van der Waals surface area contributed by atoms with E-state index in [1.54, 1.807) is 6.20 Å². The molecule has 4 rings (SSSR count). The molecule has 0 saturated heterocycles. The number of hydrogen-bond acceptors (Lipinski definition) is 4. The Bertz CT molecular complexity index is 933. The number of H-pyrrole nitrogens is 1. The zero-order valence-electron chi connectivity index (χ0n) is 14.7. The van der Waals surface area contributed by atoms with E-state index in [0.29, 0.717) is 12.2 Å². The number of aromatic amines is 1. The SMILES string of the molecule is CCOc1ccc(-c2[nH]ncc2C2NC(=O)c3ccccc3N2C)cc1. The lowest BCUT2D eigenvalue weighted by Gasteiger charge is -2.36. The first-order valence-corrected chi connectivity index (χ1v) is 8.58. The molecule has 2 aromatic carbocycles. The van der Waals surface area contributed by atoms with Crippen LogP contribution in [0.25, 0.3) is 11.3 Å². The number of carbonyl (C=O) groups is 1. The fourth-order valence-electron chi connectivity index (χ4n) is 3.32. The highest BCUT2D eigenvalue weighted by molar-refractivity contribution is 6.02. The highest BCUT2D eigenvalue weighted by atomic mass is 16.5. The number of amides is 1. The van der Waals surface area contributed by atoms with Crippen LogP contribution in [0.15, 0.2) is 54.7 Å². The van der Waals surface area contributed by atoms with Crippen molar-refractivity contribution in [3.05, 3.63) is 65.9 Å². The van der Waals surface area contributed by atoms with E-state index in [1.165, 1.54) is 0 Å². The van der Waals surface area contributed by atoms with Crippen LogP contribution in [-0.2, 0) is 0 Å². The third-order valence-corrected chi connectivity index (χ3v) is 4.60. The third kappa shape index (κ3) is 2.69. The predicted molar refractivity (Wildman–Crippen MR) is 100 cm³/mol. The van der Waals surface area contributed by atoms with Gasteiger partial charge in [-0.15, -0.1) is 0 Å². The predicted octanol–water partition coefficient (Wildman–Crippen LogP) is 3.35. The van der Waals surface area contributed by atoms with E-state index < -0.39 is 0 Å². The Morgan fingerprint density at radius 1 is 1.15 bits per heavy atom. The Morgan fingerprint density at radius 3 is 2.69 bits per heavy atom. The molecule has 1 aromatic heterocycles. The lowest BCUT2D eigenvalue weighted by molar-refractivity contribution is 0.0928. The molecule has 1 atom stereocenters. The Balaban J connectivity index is 1.70. The number of fused-ring (bicyclic) bond motifs is 1. The maximum atomic E-state index is 12.5. The molecule has 0 radical (unpaired) electrons. The second kappa shape index (κ2) is 6.55. The van der Waals surface area contributed by atoms with Gasteiger partial charge in [0, 0.05) is 18.2 Å². The van der Waals surface area contributed by atoms with E-state index in [4.69, 9.17) is 4.74 Å². The molecule has 0 fully saturated rings. The number of hydrogen-bond donors (Lipinski definition) is 2. The highest BCUT2D eigenvalue weighted by Gasteiger charge is 2.31. The quantitative estimate of drug-likeness (QED) is 0.758. The Hall–Kier alpha value is -3.28. The summed E-state index contributed by atoms with van der Waals surface area (Å²) in [4.78, 5) is 14.6. The molecule has 0 spiro atoms. The summed E-state index contributed by atoms with van der Waals surface area (Å²) in [5, 5.41) is 10.3. The normalized spacial score (nSPS) is 16.2. The fraction of sp³-hybridized carbons (Fsp3) is 0.200. The Kier molecular flexibility index (Phi) is 4.08. The lowest BCUT2D eigenvalue weighted by Crippen LogP contribution is -2.44. The van der Waals surface area contributed by atoms with Gasteiger partial charge in [0.15, 0.2) is 0 Å². The second-order valence-electron chi connectivity index (χ2n) is 6.16. The van der Waals surface area contributed by atoms with Gasteiger partial charge in [-0.3, -0.25) is 9.89 Å². The zero-order chi connectivity index (χ0) is 18.1. The van der Waals surface area contributed by atoms with Gasteiger partial charge in [-0.2, -0.15) is 5.10 Å². The van der Waals surface area contributed by atoms with Gasteiger partial charge >= 0.3 is 0 Å². The van der Waals surface area contributed by atoms with Gasteiger partial charge in [0.2, 0.25) is 0 Å². The first-order valence-electron chi connectivity index (χ1n) is 8.58. The maximum absolute atomic E-state index is 12.5. The van der Waals surface area contributed by atoms with Crippen molar-refractivity contribution in [1.82, 2.24) is 15.5 Å². The van der Waals surface area contributed by atoms with Crippen molar-refractivity contribution >= 4 is 11.6 Å². The maximum Gasteiger partial charge on any atom is 0.255 e. The molecule has 3 aromatic rings. The molecule has 2 heterocycles. The Morgan fingerprint density at radius 2 is 1.92 bits per heavy atom. The molecule has 2 N–H and O–H groups in total. The lowest BCUT2D eigenvalue weighted by atomic mass is 10.0. The van der Waals surface area contributed by atoms with Crippen molar-refractivity contribution in [3.8, 4) is 17.0 Å². The number of benzene rings is 2. The van der Waals surface area contributed by atoms with Gasteiger partial charge in [-0.1, -0.05) is 12.1 Å². The molecular weight excluding hydrogens is 328 g/mol. The van der Waals surface area contributed by atoms with Gasteiger partial charge in [0.1, 0.15) is 11.9 Å². The monoisotopic (exact) mass is 348 g/mol. The highest BCUT2D eigenvalue weighted by Crippen LogP contribution is 2.35. The summed E-state index contributed by atoms with van der Waals surface area (Å²) in [5.74, 6) is 0.747. The van der Waals surface area contributed by atoms with Gasteiger partial charge in [0.05, 0.1) is 29.7 Å². The summed E-state index contributed by atoms with van der Waals surface area (Å²) in [5.41, 5.74) is 4.36. The second-order valence-corrected chi connectivity index (χ2v) is 6.16. The van der Waals surface area contributed by atoms with Crippen LogP contribution in [0.4, 0.5) is 5.69 Å². The molecule has 6 heteroatoms.